The minimum absolute atomic E-state index is 0.0116. The van der Waals surface area contributed by atoms with Crippen molar-refractivity contribution in [2.24, 2.45) is 13.0 Å². The van der Waals surface area contributed by atoms with Gasteiger partial charge in [0.15, 0.2) is 5.82 Å². The molecule has 3 saturated heterocycles. The molecule has 3 aliphatic rings. The van der Waals surface area contributed by atoms with Crippen molar-refractivity contribution in [1.29, 1.82) is 0 Å². The molecule has 296 valence electrons. The van der Waals surface area contributed by atoms with Gasteiger partial charge in [-0.1, -0.05) is 30.3 Å². The average Bonchev–Trinajstić information content (AvgIpc) is 3.58. The number of aromatic nitrogens is 2. The molecular formula is C39H37F2N7O8S. The predicted molar refractivity (Wildman–Crippen MR) is 206 cm³/mol. The van der Waals surface area contributed by atoms with Crippen LogP contribution < -0.4 is 35.0 Å². The Morgan fingerprint density at radius 1 is 0.930 bits per heavy atom. The Hall–Kier alpha value is -6.30. The van der Waals surface area contributed by atoms with Gasteiger partial charge in [-0.2, -0.15) is 8.42 Å². The molecule has 8 rings (SSSR count). The third kappa shape index (κ3) is 7.16. The van der Waals surface area contributed by atoms with Gasteiger partial charge in [0, 0.05) is 50.1 Å². The summed E-state index contributed by atoms with van der Waals surface area (Å²) in [5.41, 5.74) is 1.21. The number of imidazole rings is 1. The number of benzene rings is 4. The van der Waals surface area contributed by atoms with Gasteiger partial charge in [-0.05, 0) is 66.5 Å². The quantitative estimate of drug-likeness (QED) is 0.187. The predicted octanol–water partition coefficient (Wildman–Crippen LogP) is 3.75. The monoisotopic (exact) mass is 801 g/mol. The molecule has 15 nitrogen and oxygen atoms in total. The smallest absolute Gasteiger partial charge is 0.329 e. The highest BCUT2D eigenvalue weighted by atomic mass is 32.2. The summed E-state index contributed by atoms with van der Waals surface area (Å²) in [5.74, 6) is -3.73. The van der Waals surface area contributed by atoms with Crippen LogP contribution in [0.15, 0.2) is 71.5 Å². The Morgan fingerprint density at radius 2 is 1.68 bits per heavy atom. The number of carbonyl (C=O) groups excluding carboxylic acids is 4. The fourth-order valence-electron chi connectivity index (χ4n) is 7.82. The molecule has 18 heteroatoms. The van der Waals surface area contributed by atoms with Crippen LogP contribution in [-0.2, 0) is 43.0 Å². The highest BCUT2D eigenvalue weighted by molar-refractivity contribution is 7.92. The number of ether oxygens (including phenoxy) is 1. The number of rotatable bonds is 9. The molecule has 4 amide bonds. The topological polar surface area (TPSA) is 181 Å². The highest BCUT2D eigenvalue weighted by Crippen LogP contribution is 2.40. The van der Waals surface area contributed by atoms with Gasteiger partial charge in [0.2, 0.25) is 17.7 Å². The number of fused-ring (bicyclic) bond motifs is 2. The Morgan fingerprint density at radius 3 is 2.39 bits per heavy atom. The molecule has 57 heavy (non-hydrogen) atoms. The van der Waals surface area contributed by atoms with Crippen molar-refractivity contribution in [2.45, 2.75) is 44.8 Å². The molecule has 4 aromatic carbocycles. The van der Waals surface area contributed by atoms with E-state index in [9.17, 15) is 32.4 Å². The number of aryl methyl sites for hydroxylation is 1. The molecule has 3 N–H and O–H groups in total. The number of anilines is 3. The van der Waals surface area contributed by atoms with Gasteiger partial charge >= 0.3 is 15.9 Å². The molecule has 1 unspecified atom stereocenters. The second-order valence-corrected chi connectivity index (χ2v) is 16.0. The molecule has 3 aliphatic heterocycles. The van der Waals surface area contributed by atoms with Crippen LogP contribution in [0.25, 0.3) is 21.8 Å². The first kappa shape index (κ1) is 37.6. The van der Waals surface area contributed by atoms with Crippen molar-refractivity contribution in [3.8, 4) is 5.75 Å². The van der Waals surface area contributed by atoms with Crippen LogP contribution in [0.4, 0.5) is 25.8 Å². The normalized spacial score (nSPS) is 18.6. The first-order chi connectivity index (χ1) is 27.3. The lowest BCUT2D eigenvalue weighted by Crippen LogP contribution is -2.44. The summed E-state index contributed by atoms with van der Waals surface area (Å²) in [6, 6.07) is 16.8. The number of piperidine rings is 2. The standard InChI is InChI=1S/C39H37F2N7O8S/c1-45-30-19-29(27(40)18-31(30)48(39(45)53)28-9-10-33(49)43-38(28)52)46-13-11-22(12-14-46)15-34(50)42-25-7-8-26-24(16-25)17-32(56-21-23-5-3-2-4-6-23)37(36(26)41)47-20-35(51)44-57(47,54)55/h2-8,16-19,22,28H,9-15,20-21H2,1H3,(H,42,50)(H,44,51)(H,43,49,52). The lowest BCUT2D eigenvalue weighted by molar-refractivity contribution is -0.135. The van der Waals surface area contributed by atoms with Crippen LogP contribution in [0.5, 0.6) is 5.75 Å². The van der Waals surface area contributed by atoms with Crippen molar-refractivity contribution in [3.63, 3.8) is 0 Å². The Labute approximate surface area is 324 Å². The third-order valence-electron chi connectivity index (χ3n) is 10.7. The van der Waals surface area contributed by atoms with Crippen molar-refractivity contribution in [2.75, 3.05) is 34.2 Å². The Kier molecular flexibility index (Phi) is 9.67. The molecule has 3 fully saturated rings. The van der Waals surface area contributed by atoms with Gasteiger partial charge in [0.05, 0.1) is 16.7 Å². The SMILES string of the molecule is Cn1c(=O)n(C2CCC(=O)NC2=O)c2cc(F)c(N3CCC(CC(=O)Nc4ccc5c(F)c(N6CC(=O)NS6(=O)=O)c(OCc6ccccc6)cc5c4)CC3)cc21. The van der Waals surface area contributed by atoms with E-state index in [2.05, 4.69) is 10.6 Å². The number of nitrogens with one attached hydrogen (secondary N) is 3. The summed E-state index contributed by atoms with van der Waals surface area (Å²) in [7, 11) is -2.82. The summed E-state index contributed by atoms with van der Waals surface area (Å²) < 4.78 is 68.4. The Bertz CT molecular complexity index is 2660. The molecule has 1 atom stereocenters. The zero-order valence-electron chi connectivity index (χ0n) is 30.6. The van der Waals surface area contributed by atoms with Gasteiger partial charge < -0.3 is 15.0 Å². The van der Waals surface area contributed by atoms with Crippen LogP contribution in [0.1, 0.15) is 43.7 Å². The molecular weight excluding hydrogens is 765 g/mol. The van der Waals surface area contributed by atoms with Gasteiger partial charge in [-0.25, -0.2) is 22.6 Å². The van der Waals surface area contributed by atoms with Crippen molar-refractivity contribution in [3.05, 3.63) is 94.4 Å². The van der Waals surface area contributed by atoms with Crippen LogP contribution in [-0.4, -0.2) is 60.8 Å². The summed E-state index contributed by atoms with van der Waals surface area (Å²) >= 11 is 0. The van der Waals surface area contributed by atoms with E-state index in [0.717, 1.165) is 5.56 Å². The number of amides is 4. The maximum atomic E-state index is 16.2. The molecule has 5 aromatic rings. The zero-order chi connectivity index (χ0) is 40.2. The fourth-order valence-corrected chi connectivity index (χ4v) is 8.98. The minimum Gasteiger partial charge on any atom is -0.487 e. The van der Waals surface area contributed by atoms with Gasteiger partial charge in [0.1, 0.15) is 36.4 Å². The first-order valence-corrected chi connectivity index (χ1v) is 19.8. The first-order valence-electron chi connectivity index (χ1n) is 18.3. The maximum Gasteiger partial charge on any atom is 0.329 e. The molecule has 0 radical (unpaired) electrons. The van der Waals surface area contributed by atoms with Gasteiger partial charge in [0.25, 0.3) is 5.91 Å². The van der Waals surface area contributed by atoms with E-state index in [1.165, 1.54) is 33.4 Å². The second kappa shape index (κ2) is 14.6. The summed E-state index contributed by atoms with van der Waals surface area (Å²) in [6.07, 6.45) is 1.52. The molecule has 0 bridgehead atoms. The molecule has 0 saturated carbocycles. The van der Waals surface area contributed by atoms with Crippen molar-refractivity contribution in [1.82, 2.24) is 19.2 Å². The van der Waals surface area contributed by atoms with Crippen molar-refractivity contribution >= 4 is 72.7 Å². The molecule has 1 aromatic heterocycles. The molecule has 0 aliphatic carbocycles. The largest absolute Gasteiger partial charge is 0.487 e. The lowest BCUT2D eigenvalue weighted by atomic mass is 9.92. The Balaban J connectivity index is 0.958. The zero-order valence-corrected chi connectivity index (χ0v) is 31.4. The number of carbonyl (C=O) groups is 4. The number of halogens is 2. The summed E-state index contributed by atoms with van der Waals surface area (Å²) in [6.45, 7) is 0.256. The second-order valence-electron chi connectivity index (χ2n) is 14.4. The number of imide groups is 1. The van der Waals surface area contributed by atoms with Crippen LogP contribution in [0, 0.1) is 17.6 Å². The number of hydrogen-bond acceptors (Lipinski definition) is 9. The fraction of sp³-hybridized carbons (Fsp3) is 0.308. The average molecular weight is 802 g/mol. The third-order valence-corrected chi connectivity index (χ3v) is 12.1. The van der Waals surface area contributed by atoms with E-state index in [4.69, 9.17) is 4.74 Å². The van der Waals surface area contributed by atoms with Crippen LogP contribution in [0.2, 0.25) is 0 Å². The summed E-state index contributed by atoms with van der Waals surface area (Å²) in [5, 5.41) is 5.49. The van der Waals surface area contributed by atoms with Crippen LogP contribution >= 0.6 is 0 Å². The van der Waals surface area contributed by atoms with E-state index < -0.39 is 63.5 Å². The van der Waals surface area contributed by atoms with E-state index in [1.807, 2.05) is 15.7 Å². The molecule has 0 spiro atoms. The van der Waals surface area contributed by atoms with E-state index in [0.29, 0.717) is 52.5 Å². The van der Waals surface area contributed by atoms with E-state index in [1.54, 1.807) is 43.4 Å². The number of nitrogens with zero attached hydrogens (tertiary/aromatic N) is 4. The van der Waals surface area contributed by atoms with Crippen LogP contribution in [0.3, 0.4) is 0 Å². The molecule has 4 heterocycles. The van der Waals surface area contributed by atoms with Crippen molar-refractivity contribution < 1.29 is 41.1 Å². The van der Waals surface area contributed by atoms with Gasteiger partial charge in [-0.15, -0.1) is 0 Å². The summed E-state index contributed by atoms with van der Waals surface area (Å²) in [4.78, 5) is 64.6. The van der Waals surface area contributed by atoms with E-state index in [-0.39, 0.29) is 54.3 Å². The maximum absolute atomic E-state index is 16.2. The van der Waals surface area contributed by atoms with E-state index >= 15 is 8.78 Å². The number of hydrogen-bond donors (Lipinski definition) is 3. The highest BCUT2D eigenvalue weighted by Gasteiger charge is 2.38. The minimum atomic E-state index is -4.36. The lowest BCUT2D eigenvalue weighted by Gasteiger charge is -2.33. The van der Waals surface area contributed by atoms with Gasteiger partial charge in [-0.3, -0.25) is 33.6 Å².